The van der Waals surface area contributed by atoms with Gasteiger partial charge in [-0.1, -0.05) is 23.4 Å². The fourth-order valence-electron chi connectivity index (χ4n) is 2.31. The second kappa shape index (κ2) is 5.47. The number of hydrogen-bond acceptors (Lipinski definition) is 4. The first kappa shape index (κ1) is 14.1. The van der Waals surface area contributed by atoms with Crippen LogP contribution < -0.4 is 10.6 Å². The number of aromatic nitrogens is 3. The number of rotatable bonds is 1. The number of para-hydroxylation sites is 1. The first-order valence-corrected chi connectivity index (χ1v) is 6.87. The molecule has 1 aliphatic rings. The van der Waals surface area contributed by atoms with E-state index in [1.165, 1.54) is 15.8 Å². The van der Waals surface area contributed by atoms with Crippen LogP contribution in [-0.4, -0.2) is 37.9 Å². The Labute approximate surface area is 127 Å². The van der Waals surface area contributed by atoms with Crippen LogP contribution in [0.5, 0.6) is 0 Å². The van der Waals surface area contributed by atoms with E-state index in [0.717, 1.165) is 11.3 Å². The van der Waals surface area contributed by atoms with Crippen molar-refractivity contribution in [2.24, 2.45) is 7.05 Å². The minimum atomic E-state index is -0.589. The van der Waals surface area contributed by atoms with Crippen molar-refractivity contribution in [3.05, 3.63) is 36.0 Å². The summed E-state index contributed by atoms with van der Waals surface area (Å²) in [7, 11) is 1.68. The first-order valence-electron chi connectivity index (χ1n) is 6.87. The Hall–Kier alpha value is -2.90. The smallest absolute Gasteiger partial charge is 0.324 e. The maximum atomic E-state index is 12.5. The van der Waals surface area contributed by atoms with E-state index in [2.05, 4.69) is 20.9 Å². The molecule has 2 N–H and O–H groups in total. The van der Waals surface area contributed by atoms with Crippen molar-refractivity contribution in [1.82, 2.24) is 19.9 Å². The molecule has 1 aromatic heterocycles. The van der Waals surface area contributed by atoms with Gasteiger partial charge in [-0.2, -0.15) is 0 Å². The molecule has 2 aromatic rings. The highest BCUT2D eigenvalue weighted by molar-refractivity contribution is 6.00. The Kier molecular flexibility index (Phi) is 3.50. The molecule has 0 radical (unpaired) electrons. The van der Waals surface area contributed by atoms with E-state index in [1.54, 1.807) is 14.0 Å². The molecule has 1 atom stereocenters. The summed E-state index contributed by atoms with van der Waals surface area (Å²) in [6, 6.07) is 6.48. The van der Waals surface area contributed by atoms with Crippen LogP contribution in [0, 0.1) is 0 Å². The lowest BCUT2D eigenvalue weighted by Crippen LogP contribution is -2.45. The van der Waals surface area contributed by atoms with Gasteiger partial charge >= 0.3 is 6.03 Å². The number of hydrogen-bond donors (Lipinski definition) is 2. The summed E-state index contributed by atoms with van der Waals surface area (Å²) >= 11 is 0. The van der Waals surface area contributed by atoms with Gasteiger partial charge in [0.05, 0.1) is 12.7 Å². The number of fused-ring (bicyclic) bond motifs is 1. The summed E-state index contributed by atoms with van der Waals surface area (Å²) in [6.07, 6.45) is 1.45. The summed E-state index contributed by atoms with van der Waals surface area (Å²) in [4.78, 5) is 26.2. The molecule has 0 unspecified atom stereocenters. The van der Waals surface area contributed by atoms with Gasteiger partial charge in [-0.05, 0) is 18.6 Å². The second-order valence-electron chi connectivity index (χ2n) is 5.12. The molecule has 0 aliphatic carbocycles. The van der Waals surface area contributed by atoms with Crippen molar-refractivity contribution in [2.75, 3.05) is 10.6 Å². The van der Waals surface area contributed by atoms with E-state index in [-0.39, 0.29) is 11.9 Å². The molecule has 22 heavy (non-hydrogen) atoms. The zero-order chi connectivity index (χ0) is 15.7. The molecular formula is C14H16N6O2. The van der Waals surface area contributed by atoms with E-state index >= 15 is 0 Å². The standard InChI is InChI=1S/C14H16N6O2/c1-9-13(21)16-11-6-4-3-5-10(11)8-20(9)14(22)17-12-7-15-18-19(12)2/h3-7,9H,8H2,1-2H3,(H,16,21)(H,17,22)/t9-/m0/s1. The summed E-state index contributed by atoms with van der Waals surface area (Å²) in [5.41, 5.74) is 1.62. The maximum Gasteiger partial charge on any atom is 0.324 e. The number of aryl methyl sites for hydroxylation is 1. The number of nitrogens with zero attached hydrogens (tertiary/aromatic N) is 4. The normalized spacial score (nSPS) is 17.5. The summed E-state index contributed by atoms with van der Waals surface area (Å²) in [5.74, 6) is 0.248. The van der Waals surface area contributed by atoms with Crippen LogP contribution in [0.25, 0.3) is 0 Å². The van der Waals surface area contributed by atoms with Crippen LogP contribution >= 0.6 is 0 Å². The zero-order valence-corrected chi connectivity index (χ0v) is 12.3. The fourth-order valence-corrected chi connectivity index (χ4v) is 2.31. The number of amides is 3. The first-order chi connectivity index (χ1) is 10.6. The molecule has 3 rings (SSSR count). The molecule has 0 bridgehead atoms. The Morgan fingerprint density at radius 1 is 1.41 bits per heavy atom. The summed E-state index contributed by atoms with van der Waals surface area (Å²) in [6.45, 7) is 2.04. The van der Waals surface area contributed by atoms with Crippen molar-refractivity contribution >= 4 is 23.4 Å². The Balaban J connectivity index is 1.87. The molecule has 1 aromatic carbocycles. The highest BCUT2D eigenvalue weighted by Gasteiger charge is 2.30. The largest absolute Gasteiger partial charge is 0.324 e. The monoisotopic (exact) mass is 300 g/mol. The lowest BCUT2D eigenvalue weighted by molar-refractivity contribution is -0.119. The SMILES string of the molecule is C[C@H]1C(=O)Nc2ccccc2CN1C(=O)Nc1cnnn1C. The average Bonchev–Trinajstić information content (AvgIpc) is 2.84. The van der Waals surface area contributed by atoms with Crippen molar-refractivity contribution in [3.8, 4) is 0 Å². The summed E-state index contributed by atoms with van der Waals surface area (Å²) in [5, 5.41) is 13.0. The molecule has 1 aliphatic heterocycles. The van der Waals surface area contributed by atoms with Gasteiger partial charge in [-0.3, -0.25) is 10.1 Å². The van der Waals surface area contributed by atoms with Gasteiger partial charge < -0.3 is 10.2 Å². The number of benzene rings is 1. The molecule has 0 saturated carbocycles. The molecule has 0 saturated heterocycles. The maximum absolute atomic E-state index is 12.5. The minimum absolute atomic E-state index is 0.219. The number of anilines is 2. The highest BCUT2D eigenvalue weighted by Crippen LogP contribution is 2.23. The quantitative estimate of drug-likeness (QED) is 0.827. The van der Waals surface area contributed by atoms with Crippen LogP contribution in [0.4, 0.5) is 16.3 Å². The van der Waals surface area contributed by atoms with E-state index in [9.17, 15) is 9.59 Å². The third-order valence-corrected chi connectivity index (χ3v) is 3.67. The predicted molar refractivity (Wildman–Crippen MR) is 80.1 cm³/mol. The van der Waals surface area contributed by atoms with E-state index in [0.29, 0.717) is 12.4 Å². The summed E-state index contributed by atoms with van der Waals surface area (Å²) < 4.78 is 1.45. The van der Waals surface area contributed by atoms with Gasteiger partial charge in [0.2, 0.25) is 5.91 Å². The average molecular weight is 300 g/mol. The fraction of sp³-hybridized carbons (Fsp3) is 0.286. The topological polar surface area (TPSA) is 92.2 Å². The predicted octanol–water partition coefficient (Wildman–Crippen LogP) is 1.19. The molecular weight excluding hydrogens is 284 g/mol. The van der Waals surface area contributed by atoms with Gasteiger partial charge in [0, 0.05) is 12.7 Å². The van der Waals surface area contributed by atoms with Crippen molar-refractivity contribution in [2.45, 2.75) is 19.5 Å². The van der Waals surface area contributed by atoms with Gasteiger partial charge in [0.25, 0.3) is 0 Å². The highest BCUT2D eigenvalue weighted by atomic mass is 16.2. The van der Waals surface area contributed by atoms with Crippen LogP contribution in [0.1, 0.15) is 12.5 Å². The van der Waals surface area contributed by atoms with E-state index in [4.69, 9.17) is 0 Å². The molecule has 0 spiro atoms. The van der Waals surface area contributed by atoms with Gasteiger partial charge in [-0.15, -0.1) is 5.10 Å². The van der Waals surface area contributed by atoms with Crippen molar-refractivity contribution < 1.29 is 9.59 Å². The minimum Gasteiger partial charge on any atom is -0.324 e. The molecule has 2 heterocycles. The van der Waals surface area contributed by atoms with E-state index < -0.39 is 6.04 Å². The zero-order valence-electron chi connectivity index (χ0n) is 12.3. The Morgan fingerprint density at radius 3 is 2.91 bits per heavy atom. The molecule has 0 fully saturated rings. The lowest BCUT2D eigenvalue weighted by atomic mass is 10.2. The van der Waals surface area contributed by atoms with Gasteiger partial charge in [-0.25, -0.2) is 9.48 Å². The molecule has 3 amide bonds. The lowest BCUT2D eigenvalue weighted by Gasteiger charge is -2.25. The van der Waals surface area contributed by atoms with Crippen LogP contribution in [-0.2, 0) is 18.4 Å². The number of urea groups is 1. The van der Waals surface area contributed by atoms with Crippen molar-refractivity contribution in [1.29, 1.82) is 0 Å². The number of carbonyl (C=O) groups is 2. The molecule has 8 nitrogen and oxygen atoms in total. The van der Waals surface area contributed by atoms with Gasteiger partial charge in [0.15, 0.2) is 5.82 Å². The van der Waals surface area contributed by atoms with Crippen molar-refractivity contribution in [3.63, 3.8) is 0 Å². The molecule has 114 valence electrons. The Morgan fingerprint density at radius 2 is 2.18 bits per heavy atom. The number of nitrogens with one attached hydrogen (secondary N) is 2. The number of carbonyl (C=O) groups excluding carboxylic acids is 2. The Bertz CT molecular complexity index is 726. The second-order valence-corrected chi connectivity index (χ2v) is 5.12. The third-order valence-electron chi connectivity index (χ3n) is 3.67. The van der Waals surface area contributed by atoms with Crippen LogP contribution in [0.15, 0.2) is 30.5 Å². The molecule has 8 heteroatoms. The van der Waals surface area contributed by atoms with E-state index in [1.807, 2.05) is 24.3 Å². The van der Waals surface area contributed by atoms with Gasteiger partial charge in [0.1, 0.15) is 6.04 Å². The third kappa shape index (κ3) is 2.50. The van der Waals surface area contributed by atoms with Crippen LogP contribution in [0.3, 0.4) is 0 Å². The van der Waals surface area contributed by atoms with Crippen LogP contribution in [0.2, 0.25) is 0 Å².